The van der Waals surface area contributed by atoms with Crippen molar-refractivity contribution in [3.05, 3.63) is 90.0 Å². The molecule has 4 rings (SSSR count). The molecule has 0 unspecified atom stereocenters. The number of rotatable bonds is 3. The predicted octanol–water partition coefficient (Wildman–Crippen LogP) is 4.83. The lowest BCUT2D eigenvalue weighted by Gasteiger charge is -2.10. The van der Waals surface area contributed by atoms with Gasteiger partial charge in [-0.3, -0.25) is 4.55 Å². The number of fused-ring (bicyclic) bond motifs is 2. The maximum Gasteiger partial charge on any atom is 0.294 e. The number of benzene rings is 4. The van der Waals surface area contributed by atoms with Crippen LogP contribution in [0.3, 0.4) is 0 Å². The maximum atomic E-state index is 11.5. The summed E-state index contributed by atoms with van der Waals surface area (Å²) >= 11 is 0. The summed E-state index contributed by atoms with van der Waals surface area (Å²) in [5.74, 6) is 0. The van der Waals surface area contributed by atoms with Crippen molar-refractivity contribution >= 4 is 31.7 Å². The first-order valence-corrected chi connectivity index (χ1v) is 9.42. The van der Waals surface area contributed by atoms with Gasteiger partial charge in [-0.15, -0.1) is 0 Å². The van der Waals surface area contributed by atoms with E-state index in [1.165, 1.54) is 22.4 Å². The SMILES string of the molecule is O=S(=O)(O)c1ccc2cccc(Cc3cccc4ccccc34)c2c1. The molecule has 3 nitrogen and oxygen atoms in total. The van der Waals surface area contributed by atoms with Gasteiger partial charge in [0.1, 0.15) is 0 Å². The number of hydrogen-bond acceptors (Lipinski definition) is 2. The van der Waals surface area contributed by atoms with Crippen molar-refractivity contribution in [1.29, 1.82) is 0 Å². The van der Waals surface area contributed by atoms with Crippen LogP contribution in [0.15, 0.2) is 83.8 Å². The van der Waals surface area contributed by atoms with Crippen molar-refractivity contribution < 1.29 is 13.0 Å². The molecule has 0 heterocycles. The second kappa shape index (κ2) is 5.99. The van der Waals surface area contributed by atoms with Crippen molar-refractivity contribution in [3.8, 4) is 0 Å². The van der Waals surface area contributed by atoms with Gasteiger partial charge in [0.05, 0.1) is 4.90 Å². The van der Waals surface area contributed by atoms with Crippen LogP contribution < -0.4 is 0 Å². The Morgan fingerprint density at radius 3 is 2.00 bits per heavy atom. The summed E-state index contributed by atoms with van der Waals surface area (Å²) in [6.07, 6.45) is 0.688. The number of hydrogen-bond donors (Lipinski definition) is 1. The summed E-state index contributed by atoms with van der Waals surface area (Å²) in [5.41, 5.74) is 2.21. The Labute approximate surface area is 146 Å². The zero-order chi connectivity index (χ0) is 17.4. The highest BCUT2D eigenvalue weighted by molar-refractivity contribution is 7.85. The van der Waals surface area contributed by atoms with E-state index in [2.05, 4.69) is 24.3 Å². The highest BCUT2D eigenvalue weighted by Crippen LogP contribution is 2.27. The van der Waals surface area contributed by atoms with Crippen molar-refractivity contribution in [3.63, 3.8) is 0 Å². The Morgan fingerprint density at radius 1 is 0.680 bits per heavy atom. The van der Waals surface area contributed by atoms with Gasteiger partial charge in [-0.05, 0) is 51.2 Å². The largest absolute Gasteiger partial charge is 0.294 e. The van der Waals surface area contributed by atoms with E-state index in [9.17, 15) is 13.0 Å². The van der Waals surface area contributed by atoms with Crippen LogP contribution in [0.2, 0.25) is 0 Å². The second-order valence-electron chi connectivity index (χ2n) is 6.09. The molecule has 124 valence electrons. The molecule has 0 amide bonds. The molecule has 0 saturated heterocycles. The Hall–Kier alpha value is -2.69. The fourth-order valence-electron chi connectivity index (χ4n) is 3.28. The molecular weight excluding hydrogens is 332 g/mol. The van der Waals surface area contributed by atoms with E-state index >= 15 is 0 Å². The summed E-state index contributed by atoms with van der Waals surface area (Å²) < 4.78 is 32.3. The molecule has 0 aromatic heterocycles. The first-order valence-electron chi connectivity index (χ1n) is 7.98. The quantitative estimate of drug-likeness (QED) is 0.540. The van der Waals surface area contributed by atoms with Gasteiger partial charge in [-0.25, -0.2) is 0 Å². The van der Waals surface area contributed by atoms with E-state index in [0.29, 0.717) is 6.42 Å². The monoisotopic (exact) mass is 348 g/mol. The normalized spacial score (nSPS) is 11.9. The molecule has 0 aliphatic heterocycles. The van der Waals surface area contributed by atoms with Crippen LogP contribution >= 0.6 is 0 Å². The lowest BCUT2D eigenvalue weighted by molar-refractivity contribution is 0.483. The van der Waals surface area contributed by atoms with Gasteiger partial charge in [0, 0.05) is 0 Å². The molecule has 0 atom stereocenters. The van der Waals surface area contributed by atoms with Gasteiger partial charge in [0.15, 0.2) is 0 Å². The van der Waals surface area contributed by atoms with Gasteiger partial charge in [-0.1, -0.05) is 66.7 Å². The smallest absolute Gasteiger partial charge is 0.282 e. The Balaban J connectivity index is 1.89. The highest BCUT2D eigenvalue weighted by Gasteiger charge is 2.12. The van der Waals surface area contributed by atoms with E-state index in [1.807, 2.05) is 36.4 Å². The Morgan fingerprint density at radius 2 is 1.28 bits per heavy atom. The van der Waals surface area contributed by atoms with Crippen molar-refractivity contribution in [2.75, 3.05) is 0 Å². The van der Waals surface area contributed by atoms with Crippen molar-refractivity contribution in [1.82, 2.24) is 0 Å². The van der Waals surface area contributed by atoms with Crippen LogP contribution in [0.5, 0.6) is 0 Å². The summed E-state index contributed by atoms with van der Waals surface area (Å²) in [6.45, 7) is 0. The van der Waals surface area contributed by atoms with E-state index < -0.39 is 10.1 Å². The van der Waals surface area contributed by atoms with Gasteiger partial charge in [-0.2, -0.15) is 8.42 Å². The zero-order valence-electron chi connectivity index (χ0n) is 13.4. The standard InChI is InChI=1S/C21H16O3S/c22-25(23,24)19-12-11-16-7-4-9-18(21(16)14-19)13-17-8-3-6-15-5-1-2-10-20(15)17/h1-12,14H,13H2,(H,22,23,24). The average Bonchev–Trinajstić information content (AvgIpc) is 2.61. The fourth-order valence-corrected chi connectivity index (χ4v) is 3.79. The fraction of sp³-hybridized carbons (Fsp3) is 0.0476. The molecule has 0 radical (unpaired) electrons. The zero-order valence-corrected chi connectivity index (χ0v) is 14.2. The van der Waals surface area contributed by atoms with Crippen LogP contribution in [0, 0.1) is 0 Å². The minimum atomic E-state index is -4.22. The minimum absolute atomic E-state index is 0.0784. The van der Waals surface area contributed by atoms with Crippen molar-refractivity contribution in [2.45, 2.75) is 11.3 Å². The highest BCUT2D eigenvalue weighted by atomic mass is 32.2. The molecule has 0 fully saturated rings. The average molecular weight is 348 g/mol. The molecule has 0 aliphatic carbocycles. The molecule has 0 aliphatic rings. The van der Waals surface area contributed by atoms with E-state index in [0.717, 1.165) is 16.3 Å². The van der Waals surface area contributed by atoms with Crippen LogP contribution in [-0.4, -0.2) is 13.0 Å². The third kappa shape index (κ3) is 3.02. The summed E-state index contributed by atoms with van der Waals surface area (Å²) in [6, 6.07) is 25.0. The molecule has 4 aromatic rings. The first kappa shape index (κ1) is 15.8. The van der Waals surface area contributed by atoms with E-state index in [-0.39, 0.29) is 4.90 Å². The molecular formula is C21H16O3S. The third-order valence-corrected chi connectivity index (χ3v) is 5.35. The van der Waals surface area contributed by atoms with E-state index in [1.54, 1.807) is 12.1 Å². The predicted molar refractivity (Wildman–Crippen MR) is 101 cm³/mol. The van der Waals surface area contributed by atoms with Gasteiger partial charge < -0.3 is 0 Å². The molecule has 25 heavy (non-hydrogen) atoms. The molecule has 0 spiro atoms. The summed E-state index contributed by atoms with van der Waals surface area (Å²) in [7, 11) is -4.22. The lowest BCUT2D eigenvalue weighted by Crippen LogP contribution is -1.98. The first-order chi connectivity index (χ1) is 12.0. The van der Waals surface area contributed by atoms with Crippen LogP contribution in [0.1, 0.15) is 11.1 Å². The van der Waals surface area contributed by atoms with Gasteiger partial charge >= 0.3 is 0 Å². The Kier molecular flexibility index (Phi) is 3.79. The molecule has 0 saturated carbocycles. The topological polar surface area (TPSA) is 54.4 Å². The lowest BCUT2D eigenvalue weighted by atomic mass is 9.95. The molecule has 0 bridgehead atoms. The third-order valence-electron chi connectivity index (χ3n) is 4.50. The second-order valence-corrected chi connectivity index (χ2v) is 7.51. The minimum Gasteiger partial charge on any atom is -0.282 e. The molecule has 4 heteroatoms. The molecule has 1 N–H and O–H groups in total. The Bertz CT molecular complexity index is 1190. The van der Waals surface area contributed by atoms with Crippen LogP contribution in [0.25, 0.3) is 21.5 Å². The summed E-state index contributed by atoms with van der Waals surface area (Å²) in [5, 5.41) is 4.16. The van der Waals surface area contributed by atoms with Crippen molar-refractivity contribution in [2.24, 2.45) is 0 Å². The van der Waals surface area contributed by atoms with Crippen LogP contribution in [0.4, 0.5) is 0 Å². The van der Waals surface area contributed by atoms with Gasteiger partial charge in [0.25, 0.3) is 10.1 Å². The van der Waals surface area contributed by atoms with Gasteiger partial charge in [0.2, 0.25) is 0 Å². The van der Waals surface area contributed by atoms with Crippen LogP contribution in [-0.2, 0) is 16.5 Å². The molecule has 4 aromatic carbocycles. The summed E-state index contributed by atoms with van der Waals surface area (Å²) in [4.78, 5) is -0.0784. The van der Waals surface area contributed by atoms with E-state index in [4.69, 9.17) is 0 Å². The maximum absolute atomic E-state index is 11.5.